The first-order valence-corrected chi connectivity index (χ1v) is 3.93. The second-order valence-corrected chi connectivity index (χ2v) is 2.79. The molecule has 0 saturated carbocycles. The second kappa shape index (κ2) is 4.28. The summed E-state index contributed by atoms with van der Waals surface area (Å²) in [5.41, 5.74) is 5.80. The van der Waals surface area contributed by atoms with Crippen molar-refractivity contribution in [1.29, 1.82) is 0 Å². The Labute approximate surface area is 79.2 Å². The zero-order valence-corrected chi connectivity index (χ0v) is 7.39. The van der Waals surface area contributed by atoms with Crippen LogP contribution in [0.25, 0.3) is 0 Å². The predicted octanol–water partition coefficient (Wildman–Crippen LogP) is 2.57. The van der Waals surface area contributed by atoms with Crippen molar-refractivity contribution < 1.29 is 13.5 Å². The SMILES string of the molecule is Nc1ccc(OCC(F)F)cc1Cl. The largest absolute Gasteiger partial charge is 0.488 e. The van der Waals surface area contributed by atoms with Crippen LogP contribution in [-0.2, 0) is 0 Å². The number of hydrogen-bond acceptors (Lipinski definition) is 2. The fourth-order valence-electron chi connectivity index (χ4n) is 0.757. The van der Waals surface area contributed by atoms with E-state index in [0.717, 1.165) is 0 Å². The molecule has 0 radical (unpaired) electrons. The number of rotatable bonds is 3. The van der Waals surface area contributed by atoms with Crippen molar-refractivity contribution in [3.8, 4) is 5.75 Å². The molecule has 1 aromatic rings. The summed E-state index contributed by atoms with van der Waals surface area (Å²) in [5, 5.41) is 0.298. The summed E-state index contributed by atoms with van der Waals surface area (Å²) in [6, 6.07) is 4.39. The number of halogens is 3. The monoisotopic (exact) mass is 207 g/mol. The van der Waals surface area contributed by atoms with Crippen LogP contribution in [0.2, 0.25) is 5.02 Å². The first-order valence-electron chi connectivity index (χ1n) is 3.55. The quantitative estimate of drug-likeness (QED) is 0.774. The van der Waals surface area contributed by atoms with Crippen LogP contribution in [-0.4, -0.2) is 13.0 Å². The molecule has 0 unspecified atom stereocenters. The number of ether oxygens (including phenoxy) is 1. The Morgan fingerprint density at radius 2 is 2.15 bits per heavy atom. The van der Waals surface area contributed by atoms with Crippen molar-refractivity contribution in [2.24, 2.45) is 0 Å². The highest BCUT2D eigenvalue weighted by molar-refractivity contribution is 6.33. The molecule has 0 amide bonds. The number of nitrogen functional groups attached to an aromatic ring is 1. The first-order chi connectivity index (χ1) is 6.09. The van der Waals surface area contributed by atoms with Crippen LogP contribution < -0.4 is 10.5 Å². The third-order valence-electron chi connectivity index (χ3n) is 1.35. The standard InChI is InChI=1S/C8H8ClF2NO/c9-6-3-5(1-2-7(6)12)13-4-8(10)11/h1-3,8H,4,12H2. The van der Waals surface area contributed by atoms with E-state index in [1.807, 2.05) is 0 Å². The second-order valence-electron chi connectivity index (χ2n) is 2.39. The Balaban J connectivity index is 2.63. The molecule has 0 aliphatic carbocycles. The maximum Gasteiger partial charge on any atom is 0.272 e. The highest BCUT2D eigenvalue weighted by atomic mass is 35.5. The minimum Gasteiger partial charge on any atom is -0.488 e. The summed E-state index contributed by atoms with van der Waals surface area (Å²) < 4.78 is 28.1. The van der Waals surface area contributed by atoms with E-state index in [4.69, 9.17) is 22.1 Å². The van der Waals surface area contributed by atoms with Gasteiger partial charge in [0.25, 0.3) is 6.43 Å². The zero-order valence-electron chi connectivity index (χ0n) is 6.64. The molecule has 0 saturated heterocycles. The van der Waals surface area contributed by atoms with Crippen molar-refractivity contribution in [1.82, 2.24) is 0 Å². The maximum atomic E-state index is 11.7. The Morgan fingerprint density at radius 1 is 1.46 bits per heavy atom. The molecule has 5 heteroatoms. The van der Waals surface area contributed by atoms with Gasteiger partial charge in [-0.15, -0.1) is 0 Å². The van der Waals surface area contributed by atoms with Crippen LogP contribution in [0.4, 0.5) is 14.5 Å². The van der Waals surface area contributed by atoms with Crippen LogP contribution in [0.1, 0.15) is 0 Å². The van der Waals surface area contributed by atoms with E-state index < -0.39 is 13.0 Å². The van der Waals surface area contributed by atoms with Gasteiger partial charge in [0.05, 0.1) is 10.7 Å². The van der Waals surface area contributed by atoms with Crippen molar-refractivity contribution in [2.45, 2.75) is 6.43 Å². The number of nitrogens with two attached hydrogens (primary N) is 1. The van der Waals surface area contributed by atoms with Crippen LogP contribution >= 0.6 is 11.6 Å². The van der Waals surface area contributed by atoms with E-state index in [9.17, 15) is 8.78 Å². The third kappa shape index (κ3) is 3.06. The lowest BCUT2D eigenvalue weighted by atomic mass is 10.3. The van der Waals surface area contributed by atoms with Crippen LogP contribution in [0.5, 0.6) is 5.75 Å². The third-order valence-corrected chi connectivity index (χ3v) is 1.68. The van der Waals surface area contributed by atoms with Gasteiger partial charge in [-0.1, -0.05) is 11.6 Å². The van der Waals surface area contributed by atoms with E-state index in [0.29, 0.717) is 16.5 Å². The molecule has 0 spiro atoms. The molecule has 0 fully saturated rings. The summed E-state index contributed by atoms with van der Waals surface area (Å²) >= 11 is 5.64. The zero-order chi connectivity index (χ0) is 9.84. The maximum absolute atomic E-state index is 11.7. The lowest BCUT2D eigenvalue weighted by molar-refractivity contribution is 0.0819. The van der Waals surface area contributed by atoms with Crippen molar-refractivity contribution in [2.75, 3.05) is 12.3 Å². The number of alkyl halides is 2. The van der Waals surface area contributed by atoms with Gasteiger partial charge in [0.1, 0.15) is 12.4 Å². The molecule has 0 bridgehead atoms. The van der Waals surface area contributed by atoms with Crippen LogP contribution in [0.15, 0.2) is 18.2 Å². The molecule has 0 aromatic heterocycles. The first kappa shape index (κ1) is 10.1. The minimum absolute atomic E-state index is 0.291. The molecule has 0 aliphatic heterocycles. The number of hydrogen-bond donors (Lipinski definition) is 1. The Kier molecular flexibility index (Phi) is 3.31. The van der Waals surface area contributed by atoms with Gasteiger partial charge in [-0.25, -0.2) is 8.78 Å². The number of benzene rings is 1. The summed E-state index contributed by atoms with van der Waals surface area (Å²) in [5.74, 6) is 0.291. The average molecular weight is 208 g/mol. The molecular weight excluding hydrogens is 200 g/mol. The molecule has 2 nitrogen and oxygen atoms in total. The normalized spacial score (nSPS) is 10.5. The fraction of sp³-hybridized carbons (Fsp3) is 0.250. The van der Waals surface area contributed by atoms with Crippen molar-refractivity contribution >= 4 is 17.3 Å². The molecule has 13 heavy (non-hydrogen) atoms. The Bertz CT molecular complexity index is 293. The van der Waals surface area contributed by atoms with E-state index >= 15 is 0 Å². The van der Waals surface area contributed by atoms with Gasteiger partial charge in [-0.3, -0.25) is 0 Å². The molecule has 1 rings (SSSR count). The van der Waals surface area contributed by atoms with E-state index in [1.54, 1.807) is 0 Å². The van der Waals surface area contributed by atoms with E-state index in [-0.39, 0.29) is 0 Å². The molecule has 0 atom stereocenters. The molecule has 72 valence electrons. The van der Waals surface area contributed by atoms with Crippen LogP contribution in [0, 0.1) is 0 Å². The average Bonchev–Trinajstić information content (AvgIpc) is 2.07. The molecule has 1 aromatic carbocycles. The summed E-state index contributed by atoms with van der Waals surface area (Å²) in [6.07, 6.45) is -2.49. The van der Waals surface area contributed by atoms with E-state index in [1.165, 1.54) is 18.2 Å². The summed E-state index contributed by atoms with van der Waals surface area (Å²) in [4.78, 5) is 0. The molecular formula is C8H8ClF2NO. The topological polar surface area (TPSA) is 35.2 Å². The smallest absolute Gasteiger partial charge is 0.272 e. The van der Waals surface area contributed by atoms with Gasteiger partial charge in [-0.2, -0.15) is 0 Å². The van der Waals surface area contributed by atoms with Gasteiger partial charge in [-0.05, 0) is 12.1 Å². The molecule has 0 aliphatic rings. The van der Waals surface area contributed by atoms with E-state index in [2.05, 4.69) is 0 Å². The van der Waals surface area contributed by atoms with Gasteiger partial charge in [0.2, 0.25) is 0 Å². The van der Waals surface area contributed by atoms with Gasteiger partial charge >= 0.3 is 0 Å². The predicted molar refractivity (Wildman–Crippen MR) is 47.4 cm³/mol. The molecule has 2 N–H and O–H groups in total. The van der Waals surface area contributed by atoms with Gasteiger partial charge < -0.3 is 10.5 Å². The Hall–Kier alpha value is -1.03. The highest BCUT2D eigenvalue weighted by Crippen LogP contribution is 2.24. The number of anilines is 1. The van der Waals surface area contributed by atoms with Crippen LogP contribution in [0.3, 0.4) is 0 Å². The summed E-state index contributed by atoms with van der Waals surface area (Å²) in [6.45, 7) is -0.639. The minimum atomic E-state index is -2.49. The highest BCUT2D eigenvalue weighted by Gasteiger charge is 2.04. The molecule has 0 heterocycles. The van der Waals surface area contributed by atoms with Crippen molar-refractivity contribution in [3.63, 3.8) is 0 Å². The Morgan fingerprint density at radius 3 is 2.69 bits per heavy atom. The summed E-state index contributed by atoms with van der Waals surface area (Å²) in [7, 11) is 0. The lowest BCUT2D eigenvalue weighted by Crippen LogP contribution is -2.06. The van der Waals surface area contributed by atoms with Crippen molar-refractivity contribution in [3.05, 3.63) is 23.2 Å². The van der Waals surface area contributed by atoms with Gasteiger partial charge in [0, 0.05) is 6.07 Å². The lowest BCUT2D eigenvalue weighted by Gasteiger charge is -2.06. The van der Waals surface area contributed by atoms with Gasteiger partial charge in [0.15, 0.2) is 0 Å². The fourth-order valence-corrected chi connectivity index (χ4v) is 0.927.